The molecule has 0 saturated heterocycles. The molecule has 13 heavy (non-hydrogen) atoms. The van der Waals surface area contributed by atoms with Gasteiger partial charge in [-0.25, -0.2) is 0 Å². The molecule has 0 unspecified atom stereocenters. The summed E-state index contributed by atoms with van der Waals surface area (Å²) in [5.74, 6) is 0. The van der Waals surface area contributed by atoms with E-state index in [0.29, 0.717) is 0 Å². The predicted molar refractivity (Wildman–Crippen MR) is 55.6 cm³/mol. The maximum absolute atomic E-state index is 6.22. The molecular weight excluding hydrogens is 160 g/mol. The summed E-state index contributed by atoms with van der Waals surface area (Å²) in [6, 6.07) is 0.819. The highest BCUT2D eigenvalue weighted by Crippen LogP contribution is 2.34. The zero-order valence-electron chi connectivity index (χ0n) is 8.34. The van der Waals surface area contributed by atoms with E-state index in [1.807, 2.05) is 6.08 Å². The van der Waals surface area contributed by atoms with Gasteiger partial charge in [0, 0.05) is 24.7 Å². The predicted octanol–water partition coefficient (Wildman–Crippen LogP) is 1.52. The molecule has 0 radical (unpaired) electrons. The third-order valence-electron chi connectivity index (χ3n) is 3.29. The fourth-order valence-electron chi connectivity index (χ4n) is 2.14. The van der Waals surface area contributed by atoms with Crippen LogP contribution in [0.1, 0.15) is 32.1 Å². The first-order chi connectivity index (χ1) is 6.23. The highest BCUT2D eigenvalue weighted by atomic mass is 15.2. The van der Waals surface area contributed by atoms with Gasteiger partial charge >= 0.3 is 0 Å². The molecule has 0 heterocycles. The van der Waals surface area contributed by atoms with E-state index in [1.165, 1.54) is 32.1 Å². The molecule has 2 fully saturated rings. The first kappa shape index (κ1) is 9.22. The third kappa shape index (κ3) is 2.12. The van der Waals surface area contributed by atoms with Crippen LogP contribution in [0, 0.1) is 0 Å². The van der Waals surface area contributed by atoms with E-state index in [0.717, 1.165) is 19.1 Å². The molecule has 2 aliphatic rings. The fourth-order valence-corrected chi connectivity index (χ4v) is 2.14. The zero-order valence-corrected chi connectivity index (χ0v) is 8.34. The summed E-state index contributed by atoms with van der Waals surface area (Å²) in [7, 11) is 0. The average molecular weight is 180 g/mol. The lowest BCUT2D eigenvalue weighted by Crippen LogP contribution is -2.55. The Morgan fingerprint density at radius 1 is 1.46 bits per heavy atom. The normalized spacial score (nSPS) is 25.7. The van der Waals surface area contributed by atoms with Crippen LogP contribution in [-0.4, -0.2) is 29.6 Å². The molecule has 0 aromatic rings. The third-order valence-corrected chi connectivity index (χ3v) is 3.29. The van der Waals surface area contributed by atoms with Crippen LogP contribution in [0.15, 0.2) is 12.7 Å². The lowest BCUT2D eigenvalue weighted by molar-refractivity contribution is 0.149. The van der Waals surface area contributed by atoms with Gasteiger partial charge in [-0.15, -0.1) is 6.58 Å². The van der Waals surface area contributed by atoms with Gasteiger partial charge < -0.3 is 5.73 Å². The second-order valence-electron chi connectivity index (χ2n) is 4.67. The topological polar surface area (TPSA) is 29.3 Å². The Bertz CT molecular complexity index is 192. The highest BCUT2D eigenvalue weighted by Gasteiger charge is 2.38. The van der Waals surface area contributed by atoms with Crippen LogP contribution in [0.3, 0.4) is 0 Å². The van der Waals surface area contributed by atoms with E-state index in [9.17, 15) is 0 Å². The van der Waals surface area contributed by atoms with Crippen molar-refractivity contribution in [1.82, 2.24) is 4.90 Å². The van der Waals surface area contributed by atoms with Gasteiger partial charge in [-0.1, -0.05) is 6.08 Å². The van der Waals surface area contributed by atoms with Gasteiger partial charge in [-0.2, -0.15) is 0 Å². The van der Waals surface area contributed by atoms with Gasteiger partial charge in [0.25, 0.3) is 0 Å². The summed E-state index contributed by atoms with van der Waals surface area (Å²) in [6.45, 7) is 5.91. The van der Waals surface area contributed by atoms with Crippen molar-refractivity contribution in [3.8, 4) is 0 Å². The van der Waals surface area contributed by atoms with Gasteiger partial charge in [0.1, 0.15) is 0 Å². The summed E-state index contributed by atoms with van der Waals surface area (Å²) in [6.07, 6.45) is 8.48. The zero-order chi connectivity index (χ0) is 9.31. The summed E-state index contributed by atoms with van der Waals surface area (Å²) in [5.41, 5.74) is 6.37. The van der Waals surface area contributed by atoms with Crippen molar-refractivity contribution in [1.29, 1.82) is 0 Å². The van der Waals surface area contributed by atoms with Crippen molar-refractivity contribution >= 4 is 0 Å². The second-order valence-corrected chi connectivity index (χ2v) is 4.67. The van der Waals surface area contributed by atoms with Crippen LogP contribution in [0.25, 0.3) is 0 Å². The molecule has 0 aromatic carbocycles. The Hall–Kier alpha value is -0.340. The van der Waals surface area contributed by atoms with Crippen molar-refractivity contribution in [2.75, 3.05) is 13.1 Å². The Balaban J connectivity index is 1.84. The number of hydrogen-bond acceptors (Lipinski definition) is 2. The Morgan fingerprint density at radius 2 is 2.15 bits per heavy atom. The van der Waals surface area contributed by atoms with E-state index in [-0.39, 0.29) is 5.54 Å². The largest absolute Gasteiger partial charge is 0.324 e. The van der Waals surface area contributed by atoms with Crippen molar-refractivity contribution in [3.05, 3.63) is 12.7 Å². The molecule has 0 bridgehead atoms. The highest BCUT2D eigenvalue weighted by molar-refractivity contribution is 4.99. The van der Waals surface area contributed by atoms with Crippen molar-refractivity contribution in [2.45, 2.75) is 43.7 Å². The number of nitrogens with two attached hydrogens (primary N) is 1. The van der Waals surface area contributed by atoms with Crippen molar-refractivity contribution in [2.24, 2.45) is 5.73 Å². The number of rotatable bonds is 5. The first-order valence-electron chi connectivity index (χ1n) is 5.37. The maximum Gasteiger partial charge on any atom is 0.0283 e. The Labute approximate surface area is 80.8 Å². The Morgan fingerprint density at radius 3 is 2.54 bits per heavy atom. The van der Waals surface area contributed by atoms with Crippen LogP contribution >= 0.6 is 0 Å². The second kappa shape index (κ2) is 3.43. The first-order valence-corrected chi connectivity index (χ1v) is 5.37. The van der Waals surface area contributed by atoms with E-state index in [4.69, 9.17) is 5.73 Å². The SMILES string of the molecule is C=CCN(CC1(N)CCC1)C1CC1. The van der Waals surface area contributed by atoms with Gasteiger partial charge in [-0.05, 0) is 32.1 Å². The summed E-state index contributed by atoms with van der Waals surface area (Å²) >= 11 is 0. The van der Waals surface area contributed by atoms with Gasteiger partial charge in [-0.3, -0.25) is 4.90 Å². The molecular formula is C11H20N2. The van der Waals surface area contributed by atoms with Gasteiger partial charge in [0.15, 0.2) is 0 Å². The molecule has 2 nitrogen and oxygen atoms in total. The van der Waals surface area contributed by atoms with Crippen molar-refractivity contribution in [3.63, 3.8) is 0 Å². The van der Waals surface area contributed by atoms with Crippen LogP contribution < -0.4 is 5.73 Å². The monoisotopic (exact) mass is 180 g/mol. The molecule has 2 aliphatic carbocycles. The molecule has 2 heteroatoms. The Kier molecular flexibility index (Phi) is 2.43. The summed E-state index contributed by atoms with van der Waals surface area (Å²) in [5, 5.41) is 0. The lowest BCUT2D eigenvalue weighted by atomic mass is 9.77. The number of nitrogens with zero attached hydrogens (tertiary/aromatic N) is 1. The van der Waals surface area contributed by atoms with E-state index >= 15 is 0 Å². The van der Waals surface area contributed by atoms with Gasteiger partial charge in [0.05, 0.1) is 0 Å². The molecule has 2 N–H and O–H groups in total. The molecule has 0 aromatic heterocycles. The van der Waals surface area contributed by atoms with Crippen LogP contribution in [0.5, 0.6) is 0 Å². The number of hydrogen-bond donors (Lipinski definition) is 1. The van der Waals surface area contributed by atoms with Crippen LogP contribution in [0.4, 0.5) is 0 Å². The standard InChI is InChI=1S/C11H20N2/c1-2-8-13(10-4-5-10)9-11(12)6-3-7-11/h2,10H,1,3-9,12H2. The smallest absolute Gasteiger partial charge is 0.0283 e. The molecule has 0 aliphatic heterocycles. The van der Waals surface area contributed by atoms with Crippen LogP contribution in [0.2, 0.25) is 0 Å². The summed E-state index contributed by atoms with van der Waals surface area (Å²) in [4.78, 5) is 2.51. The van der Waals surface area contributed by atoms with E-state index in [1.54, 1.807) is 0 Å². The van der Waals surface area contributed by atoms with Gasteiger partial charge in [0.2, 0.25) is 0 Å². The van der Waals surface area contributed by atoms with Crippen molar-refractivity contribution < 1.29 is 0 Å². The minimum absolute atomic E-state index is 0.144. The van der Waals surface area contributed by atoms with E-state index in [2.05, 4.69) is 11.5 Å². The lowest BCUT2D eigenvalue weighted by Gasteiger charge is -2.42. The average Bonchev–Trinajstić information content (AvgIpc) is 2.83. The minimum atomic E-state index is 0.144. The molecule has 2 saturated carbocycles. The van der Waals surface area contributed by atoms with Crippen LogP contribution in [-0.2, 0) is 0 Å². The summed E-state index contributed by atoms with van der Waals surface area (Å²) < 4.78 is 0. The fraction of sp³-hybridized carbons (Fsp3) is 0.818. The van der Waals surface area contributed by atoms with E-state index < -0.39 is 0 Å². The molecule has 0 atom stereocenters. The molecule has 0 spiro atoms. The maximum atomic E-state index is 6.22. The molecule has 74 valence electrons. The molecule has 2 rings (SSSR count). The molecule has 0 amide bonds. The quantitative estimate of drug-likeness (QED) is 0.650. The minimum Gasteiger partial charge on any atom is -0.324 e.